The van der Waals surface area contributed by atoms with Crippen molar-refractivity contribution < 1.29 is 14.7 Å². The molecule has 104 valence electrons. The number of hydrogen-bond donors (Lipinski definition) is 2. The molecule has 4 nitrogen and oxygen atoms in total. The fourth-order valence-electron chi connectivity index (χ4n) is 2.00. The van der Waals surface area contributed by atoms with Gasteiger partial charge in [-0.3, -0.25) is 9.59 Å². The van der Waals surface area contributed by atoms with Crippen LogP contribution < -0.4 is 5.32 Å². The Kier molecular flexibility index (Phi) is 5.55. The summed E-state index contributed by atoms with van der Waals surface area (Å²) in [4.78, 5) is 23.1. The number of hydrogen-bond acceptors (Lipinski definition) is 2. The van der Waals surface area contributed by atoms with Gasteiger partial charge in [-0.25, -0.2) is 0 Å². The molecule has 4 heteroatoms. The first kappa shape index (κ1) is 15.2. The predicted molar refractivity (Wildman–Crippen MR) is 73.9 cm³/mol. The van der Waals surface area contributed by atoms with Gasteiger partial charge in [0.25, 0.3) is 0 Å². The van der Waals surface area contributed by atoms with Crippen LogP contribution in [-0.4, -0.2) is 23.0 Å². The Bertz CT molecular complexity index is 430. The van der Waals surface area contributed by atoms with E-state index in [-0.39, 0.29) is 17.7 Å². The van der Waals surface area contributed by atoms with E-state index in [1.807, 2.05) is 44.2 Å². The minimum absolute atomic E-state index is 0.156. The molecular weight excluding hydrogens is 242 g/mol. The van der Waals surface area contributed by atoms with Crippen LogP contribution >= 0.6 is 0 Å². The van der Waals surface area contributed by atoms with Gasteiger partial charge in [0.05, 0.1) is 5.92 Å². The normalized spacial score (nSPS) is 15.3. The molecule has 0 saturated heterocycles. The molecule has 0 saturated carbocycles. The van der Waals surface area contributed by atoms with Crippen molar-refractivity contribution in [2.45, 2.75) is 39.2 Å². The summed E-state index contributed by atoms with van der Waals surface area (Å²) in [6, 6.07) is 8.61. The molecule has 0 spiro atoms. The molecule has 0 radical (unpaired) electrons. The van der Waals surface area contributed by atoms with Crippen molar-refractivity contribution in [3.63, 3.8) is 0 Å². The van der Waals surface area contributed by atoms with Crippen LogP contribution in [0.1, 0.15) is 38.7 Å². The Morgan fingerprint density at radius 3 is 2.26 bits per heavy atom. The lowest BCUT2D eigenvalue weighted by Gasteiger charge is -2.23. The predicted octanol–water partition coefficient (Wildman–Crippen LogP) is 2.41. The Balaban J connectivity index is 2.92. The molecule has 0 bridgehead atoms. The zero-order valence-corrected chi connectivity index (χ0v) is 11.6. The topological polar surface area (TPSA) is 66.4 Å². The molecule has 1 amide bonds. The second-order valence-electron chi connectivity index (χ2n) is 4.84. The van der Waals surface area contributed by atoms with Gasteiger partial charge in [-0.2, -0.15) is 0 Å². The van der Waals surface area contributed by atoms with Crippen molar-refractivity contribution in [3.8, 4) is 0 Å². The van der Waals surface area contributed by atoms with Crippen molar-refractivity contribution in [1.29, 1.82) is 0 Å². The zero-order valence-electron chi connectivity index (χ0n) is 11.6. The van der Waals surface area contributed by atoms with Gasteiger partial charge in [-0.05, 0) is 18.4 Å². The van der Waals surface area contributed by atoms with E-state index in [0.29, 0.717) is 0 Å². The van der Waals surface area contributed by atoms with E-state index in [4.69, 9.17) is 5.11 Å². The summed E-state index contributed by atoms with van der Waals surface area (Å²) < 4.78 is 0. The average molecular weight is 263 g/mol. The molecule has 0 aromatic heterocycles. The molecule has 1 rings (SSSR count). The van der Waals surface area contributed by atoms with E-state index in [2.05, 4.69) is 5.32 Å². The first-order valence-corrected chi connectivity index (χ1v) is 6.55. The summed E-state index contributed by atoms with van der Waals surface area (Å²) in [5.41, 5.74) is 0.923. The number of aliphatic carboxylic acids is 1. The molecule has 2 N–H and O–H groups in total. The summed E-state index contributed by atoms with van der Waals surface area (Å²) in [7, 11) is 0. The Hall–Kier alpha value is -1.84. The lowest BCUT2D eigenvalue weighted by Crippen LogP contribution is -2.42. The Labute approximate surface area is 113 Å². The molecule has 0 fully saturated rings. The van der Waals surface area contributed by atoms with Crippen LogP contribution in [0.2, 0.25) is 0 Å². The van der Waals surface area contributed by atoms with Crippen LogP contribution in [0.25, 0.3) is 0 Å². The van der Waals surface area contributed by atoms with Gasteiger partial charge in [0.2, 0.25) is 5.91 Å². The molecule has 1 aromatic carbocycles. The second kappa shape index (κ2) is 6.92. The van der Waals surface area contributed by atoms with E-state index < -0.39 is 12.0 Å². The molecule has 0 heterocycles. The van der Waals surface area contributed by atoms with Crippen molar-refractivity contribution in [3.05, 3.63) is 35.9 Å². The number of nitrogens with one attached hydrogen (secondary N) is 1. The second-order valence-corrected chi connectivity index (χ2v) is 4.84. The third-order valence-electron chi connectivity index (χ3n) is 3.38. The van der Waals surface area contributed by atoms with Crippen molar-refractivity contribution in [2.75, 3.05) is 0 Å². The first-order valence-electron chi connectivity index (χ1n) is 6.55. The highest BCUT2D eigenvalue weighted by Crippen LogP contribution is 2.27. The van der Waals surface area contributed by atoms with Crippen molar-refractivity contribution in [2.24, 2.45) is 5.92 Å². The highest BCUT2D eigenvalue weighted by atomic mass is 16.4. The standard InChI is InChI=1S/C15H21NO3/c1-4-10(2)13(12-8-6-5-7-9-12)14(17)16-11(3)15(18)19/h5-11,13H,4H2,1-3H3,(H,16,17)(H,18,19). The number of carboxylic acid groups (broad SMARTS) is 1. The molecule has 1 aromatic rings. The largest absolute Gasteiger partial charge is 0.480 e. The summed E-state index contributed by atoms with van der Waals surface area (Å²) in [5, 5.41) is 11.4. The van der Waals surface area contributed by atoms with Gasteiger partial charge in [-0.1, -0.05) is 50.6 Å². The number of amides is 1. The van der Waals surface area contributed by atoms with E-state index in [9.17, 15) is 9.59 Å². The van der Waals surface area contributed by atoms with Crippen molar-refractivity contribution in [1.82, 2.24) is 5.32 Å². The van der Waals surface area contributed by atoms with Crippen LogP contribution in [-0.2, 0) is 9.59 Å². The molecule has 19 heavy (non-hydrogen) atoms. The summed E-state index contributed by atoms with van der Waals surface area (Å²) in [6.45, 7) is 5.50. The number of carboxylic acids is 1. The van der Waals surface area contributed by atoms with Gasteiger partial charge in [0, 0.05) is 0 Å². The summed E-state index contributed by atoms with van der Waals surface area (Å²) in [5.74, 6) is -1.41. The molecule has 0 aliphatic carbocycles. The lowest BCUT2D eigenvalue weighted by molar-refractivity contribution is -0.141. The van der Waals surface area contributed by atoms with Gasteiger partial charge < -0.3 is 10.4 Å². The molecule has 3 unspecified atom stereocenters. The smallest absolute Gasteiger partial charge is 0.325 e. The highest BCUT2D eigenvalue weighted by molar-refractivity contribution is 5.88. The van der Waals surface area contributed by atoms with Gasteiger partial charge in [0.15, 0.2) is 0 Å². The van der Waals surface area contributed by atoms with E-state index >= 15 is 0 Å². The molecular formula is C15H21NO3. The van der Waals surface area contributed by atoms with Gasteiger partial charge in [0.1, 0.15) is 6.04 Å². The van der Waals surface area contributed by atoms with Crippen LogP contribution in [0.15, 0.2) is 30.3 Å². The fraction of sp³-hybridized carbons (Fsp3) is 0.467. The van der Waals surface area contributed by atoms with Crippen LogP contribution in [0, 0.1) is 5.92 Å². The SMILES string of the molecule is CCC(C)C(C(=O)NC(C)C(=O)O)c1ccccc1. The number of rotatable bonds is 6. The van der Waals surface area contributed by atoms with Gasteiger partial charge >= 0.3 is 5.97 Å². The van der Waals surface area contributed by atoms with Crippen LogP contribution in [0.3, 0.4) is 0 Å². The Morgan fingerprint density at radius 2 is 1.79 bits per heavy atom. The maximum absolute atomic E-state index is 12.3. The lowest BCUT2D eigenvalue weighted by atomic mass is 9.84. The summed E-state index contributed by atoms with van der Waals surface area (Å²) in [6.07, 6.45) is 0.856. The molecule has 0 aliphatic rings. The quantitative estimate of drug-likeness (QED) is 0.828. The number of benzene rings is 1. The van der Waals surface area contributed by atoms with Crippen molar-refractivity contribution >= 4 is 11.9 Å². The van der Waals surface area contributed by atoms with E-state index in [0.717, 1.165) is 12.0 Å². The van der Waals surface area contributed by atoms with Gasteiger partial charge in [-0.15, -0.1) is 0 Å². The summed E-state index contributed by atoms with van der Waals surface area (Å²) >= 11 is 0. The number of carbonyl (C=O) groups excluding carboxylic acids is 1. The first-order chi connectivity index (χ1) is 8.97. The number of carbonyl (C=O) groups is 2. The van der Waals surface area contributed by atoms with E-state index in [1.165, 1.54) is 6.92 Å². The third kappa shape index (κ3) is 4.09. The fourth-order valence-corrected chi connectivity index (χ4v) is 2.00. The highest BCUT2D eigenvalue weighted by Gasteiger charge is 2.27. The maximum atomic E-state index is 12.3. The molecule has 3 atom stereocenters. The molecule has 0 aliphatic heterocycles. The Morgan fingerprint density at radius 1 is 1.21 bits per heavy atom. The third-order valence-corrected chi connectivity index (χ3v) is 3.38. The monoisotopic (exact) mass is 263 g/mol. The van der Waals surface area contributed by atoms with E-state index in [1.54, 1.807) is 0 Å². The average Bonchev–Trinajstić information content (AvgIpc) is 2.39. The minimum atomic E-state index is -1.02. The maximum Gasteiger partial charge on any atom is 0.325 e. The zero-order chi connectivity index (χ0) is 14.4. The minimum Gasteiger partial charge on any atom is -0.480 e. The van der Waals surface area contributed by atoms with Crippen LogP contribution in [0.4, 0.5) is 0 Å². The van der Waals surface area contributed by atoms with Crippen LogP contribution in [0.5, 0.6) is 0 Å².